The number of carbonyl (C=O) groups is 2. The highest BCUT2D eigenvalue weighted by molar-refractivity contribution is 6.03. The molecule has 1 spiro atoms. The molecule has 2 fully saturated rings. The number of hydrogen-bond donors (Lipinski definition) is 2. The zero-order chi connectivity index (χ0) is 22.6. The number of H-pyrrole nitrogens is 1. The van der Waals surface area contributed by atoms with E-state index in [-0.39, 0.29) is 17.9 Å². The molecule has 4 heterocycles. The van der Waals surface area contributed by atoms with Gasteiger partial charge in [0.05, 0.1) is 31.6 Å². The second kappa shape index (κ2) is 7.49. The summed E-state index contributed by atoms with van der Waals surface area (Å²) >= 11 is 0. The Morgan fingerprint density at radius 2 is 2.06 bits per heavy atom. The lowest BCUT2D eigenvalue weighted by molar-refractivity contribution is -0.131. The highest BCUT2D eigenvalue weighted by Gasteiger charge is 2.67. The van der Waals surface area contributed by atoms with Crippen molar-refractivity contribution in [2.45, 2.75) is 18.1 Å². The van der Waals surface area contributed by atoms with Gasteiger partial charge in [0.2, 0.25) is 11.8 Å². The summed E-state index contributed by atoms with van der Waals surface area (Å²) in [5.41, 5.74) is 2.29. The predicted molar refractivity (Wildman–Crippen MR) is 124 cm³/mol. The van der Waals surface area contributed by atoms with Crippen LogP contribution in [0.2, 0.25) is 0 Å². The van der Waals surface area contributed by atoms with Crippen LogP contribution >= 0.6 is 0 Å². The molecule has 7 nitrogen and oxygen atoms in total. The van der Waals surface area contributed by atoms with E-state index >= 15 is 0 Å². The van der Waals surface area contributed by atoms with Crippen LogP contribution in [0.4, 0.5) is 5.69 Å². The van der Waals surface area contributed by atoms with E-state index in [1.807, 2.05) is 60.8 Å². The van der Waals surface area contributed by atoms with Gasteiger partial charge in [-0.2, -0.15) is 0 Å². The molecule has 0 unspecified atom stereocenters. The SMILES string of the molecule is COc1ccc(N2C[C@]34C=C[C@H](O3)[C@H](C(=O)NCCc3c[nH]c5ccccc35)[C@H]4C2=O)cc1. The number of nitrogens with one attached hydrogen (secondary N) is 2. The third kappa shape index (κ3) is 3.07. The van der Waals surface area contributed by atoms with Crippen molar-refractivity contribution in [2.75, 3.05) is 25.1 Å². The second-order valence-electron chi connectivity index (χ2n) is 8.92. The number of aromatic amines is 1. The van der Waals surface area contributed by atoms with Gasteiger partial charge in [0.15, 0.2) is 0 Å². The number of aromatic nitrogens is 1. The molecule has 3 aromatic rings. The van der Waals surface area contributed by atoms with Gasteiger partial charge in [0, 0.05) is 29.3 Å². The topological polar surface area (TPSA) is 83.7 Å². The molecule has 0 radical (unpaired) electrons. The minimum atomic E-state index is -0.736. The first-order valence-electron chi connectivity index (χ1n) is 11.2. The van der Waals surface area contributed by atoms with E-state index in [4.69, 9.17) is 9.47 Å². The highest BCUT2D eigenvalue weighted by Crippen LogP contribution is 2.52. The number of nitrogens with zero attached hydrogens (tertiary/aromatic N) is 1. The molecule has 168 valence electrons. The number of fused-ring (bicyclic) bond motifs is 2. The largest absolute Gasteiger partial charge is 0.497 e. The van der Waals surface area contributed by atoms with E-state index < -0.39 is 17.4 Å². The van der Waals surface area contributed by atoms with Gasteiger partial charge < -0.3 is 24.7 Å². The molecule has 2 N–H and O–H groups in total. The van der Waals surface area contributed by atoms with E-state index in [1.54, 1.807) is 12.0 Å². The third-order valence-corrected chi connectivity index (χ3v) is 7.16. The van der Waals surface area contributed by atoms with Crippen LogP contribution < -0.4 is 15.0 Å². The summed E-state index contributed by atoms with van der Waals surface area (Å²) in [5.74, 6) is -0.491. The minimum Gasteiger partial charge on any atom is -0.497 e. The molecule has 2 bridgehead atoms. The number of rotatable bonds is 6. The van der Waals surface area contributed by atoms with Gasteiger partial charge >= 0.3 is 0 Å². The molecule has 4 atom stereocenters. The van der Waals surface area contributed by atoms with Gasteiger partial charge in [-0.05, 0) is 42.3 Å². The van der Waals surface area contributed by atoms with Crippen LogP contribution in [-0.2, 0) is 20.7 Å². The Hall–Kier alpha value is -3.58. The zero-order valence-corrected chi connectivity index (χ0v) is 18.3. The molecule has 33 heavy (non-hydrogen) atoms. The Balaban J connectivity index is 1.17. The standard InChI is InChI=1S/C26H25N3O4/c1-32-18-8-6-17(7-9-18)29-15-26-12-10-21(33-26)22(23(26)25(29)31)24(30)27-13-11-16-14-28-20-5-3-2-4-19(16)20/h2-10,12,14,21-23,28H,11,13,15H2,1H3,(H,27,30)/t21-,22-,23-,26-/m0/s1. The molecular weight excluding hydrogens is 418 g/mol. The van der Waals surface area contributed by atoms with Crippen LogP contribution in [0.15, 0.2) is 66.9 Å². The molecule has 1 aromatic heterocycles. The summed E-state index contributed by atoms with van der Waals surface area (Å²) in [4.78, 5) is 31.7. The van der Waals surface area contributed by atoms with Crippen molar-refractivity contribution >= 4 is 28.4 Å². The molecule has 3 aliphatic rings. The lowest BCUT2D eigenvalue weighted by Gasteiger charge is -2.23. The summed E-state index contributed by atoms with van der Waals surface area (Å²) in [6, 6.07) is 15.5. The number of hydrogen-bond acceptors (Lipinski definition) is 4. The van der Waals surface area contributed by atoms with Gasteiger partial charge in [-0.15, -0.1) is 0 Å². The minimum absolute atomic E-state index is 0.0659. The maximum absolute atomic E-state index is 13.4. The summed E-state index contributed by atoms with van der Waals surface area (Å²) in [6.07, 6.45) is 6.25. The number of anilines is 1. The van der Waals surface area contributed by atoms with Crippen LogP contribution in [-0.4, -0.2) is 48.7 Å². The Kier molecular flexibility index (Phi) is 4.55. The maximum atomic E-state index is 13.4. The van der Waals surface area contributed by atoms with Gasteiger partial charge in [-0.3, -0.25) is 9.59 Å². The van der Waals surface area contributed by atoms with Crippen LogP contribution in [0.1, 0.15) is 5.56 Å². The van der Waals surface area contributed by atoms with Crippen molar-refractivity contribution in [1.29, 1.82) is 0 Å². The Morgan fingerprint density at radius 3 is 2.88 bits per heavy atom. The van der Waals surface area contributed by atoms with E-state index in [1.165, 1.54) is 0 Å². The molecule has 7 heteroatoms. The van der Waals surface area contributed by atoms with Crippen molar-refractivity contribution in [3.8, 4) is 5.75 Å². The normalized spacial score (nSPS) is 27.4. The van der Waals surface area contributed by atoms with Crippen molar-refractivity contribution < 1.29 is 19.1 Å². The maximum Gasteiger partial charge on any atom is 0.234 e. The van der Waals surface area contributed by atoms with Gasteiger partial charge in [0.25, 0.3) is 0 Å². The quantitative estimate of drug-likeness (QED) is 0.574. The van der Waals surface area contributed by atoms with Crippen LogP contribution in [0.25, 0.3) is 10.9 Å². The molecule has 2 saturated heterocycles. The molecule has 2 amide bonds. The number of benzene rings is 2. The van der Waals surface area contributed by atoms with Crippen LogP contribution in [0.3, 0.4) is 0 Å². The lowest BCUT2D eigenvalue weighted by atomic mass is 9.77. The molecule has 2 aromatic carbocycles. The smallest absolute Gasteiger partial charge is 0.234 e. The van der Waals surface area contributed by atoms with E-state index in [0.717, 1.165) is 27.9 Å². The van der Waals surface area contributed by atoms with Crippen molar-refractivity contribution in [1.82, 2.24) is 10.3 Å². The zero-order valence-electron chi connectivity index (χ0n) is 18.3. The summed E-state index contributed by atoms with van der Waals surface area (Å²) < 4.78 is 11.5. The fourth-order valence-corrected chi connectivity index (χ4v) is 5.56. The number of carbonyl (C=O) groups excluding carboxylic acids is 2. The summed E-state index contributed by atoms with van der Waals surface area (Å²) in [6.45, 7) is 0.915. The molecule has 0 aliphatic carbocycles. The van der Waals surface area contributed by atoms with Crippen molar-refractivity contribution in [2.24, 2.45) is 11.8 Å². The predicted octanol–water partition coefficient (Wildman–Crippen LogP) is 2.82. The van der Waals surface area contributed by atoms with E-state index in [9.17, 15) is 9.59 Å². The van der Waals surface area contributed by atoms with E-state index in [2.05, 4.69) is 16.4 Å². The monoisotopic (exact) mass is 443 g/mol. The van der Waals surface area contributed by atoms with Gasteiger partial charge in [-0.1, -0.05) is 30.4 Å². The third-order valence-electron chi connectivity index (χ3n) is 7.16. The Bertz CT molecular complexity index is 1260. The molecular formula is C26H25N3O4. The second-order valence-corrected chi connectivity index (χ2v) is 8.92. The van der Waals surface area contributed by atoms with Crippen molar-refractivity contribution in [3.05, 3.63) is 72.4 Å². The first kappa shape index (κ1) is 20.1. The first-order valence-corrected chi connectivity index (χ1v) is 11.2. The Labute approximate surface area is 191 Å². The number of amides is 2. The van der Waals surface area contributed by atoms with Gasteiger partial charge in [-0.25, -0.2) is 0 Å². The van der Waals surface area contributed by atoms with Crippen LogP contribution in [0.5, 0.6) is 5.75 Å². The van der Waals surface area contributed by atoms with E-state index in [0.29, 0.717) is 19.5 Å². The van der Waals surface area contributed by atoms with Gasteiger partial charge in [0.1, 0.15) is 11.4 Å². The average Bonchev–Trinajstić information content (AvgIpc) is 3.59. The number of para-hydroxylation sites is 1. The Morgan fingerprint density at radius 1 is 1.24 bits per heavy atom. The summed E-state index contributed by atoms with van der Waals surface area (Å²) in [7, 11) is 1.61. The average molecular weight is 444 g/mol. The number of methoxy groups -OCH3 is 1. The fraction of sp³-hybridized carbons (Fsp3) is 0.308. The first-order chi connectivity index (χ1) is 16.1. The number of ether oxygens (including phenoxy) is 2. The van der Waals surface area contributed by atoms with Crippen LogP contribution in [0, 0.1) is 11.8 Å². The molecule has 3 aliphatic heterocycles. The lowest BCUT2D eigenvalue weighted by Crippen LogP contribution is -2.44. The fourth-order valence-electron chi connectivity index (χ4n) is 5.56. The molecule has 0 saturated carbocycles. The van der Waals surface area contributed by atoms with Crippen molar-refractivity contribution in [3.63, 3.8) is 0 Å². The summed E-state index contributed by atoms with van der Waals surface area (Å²) in [5, 5.41) is 4.22. The highest BCUT2D eigenvalue weighted by atomic mass is 16.5. The molecule has 6 rings (SSSR count).